The van der Waals surface area contributed by atoms with E-state index in [1.54, 1.807) is 0 Å². The van der Waals surface area contributed by atoms with Gasteiger partial charge in [0.15, 0.2) is 9.84 Å². The van der Waals surface area contributed by atoms with Crippen molar-refractivity contribution in [1.82, 2.24) is 4.98 Å². The minimum atomic E-state index is -4.33. The summed E-state index contributed by atoms with van der Waals surface area (Å²) in [4.78, 5) is 20.3. The topological polar surface area (TPSA) is 115 Å². The molecule has 3 N–H and O–H groups in total. The fraction of sp³-hybridized carbons (Fsp3) is 0.316. The molecule has 158 valence electrons. The minimum absolute atomic E-state index is 0.0537. The molecular weight excluding hydrogens is 438 g/mol. The van der Waals surface area contributed by atoms with Crippen LogP contribution in [0.2, 0.25) is 5.02 Å². The van der Waals surface area contributed by atoms with Gasteiger partial charge in [0.1, 0.15) is 27.6 Å². The number of nitrogens with two attached hydrogens (primary N) is 1. The number of hydrogen-bond donors (Lipinski definition) is 2. The highest BCUT2D eigenvalue weighted by Crippen LogP contribution is 2.53. The maximum Gasteiger partial charge on any atom is 0.274 e. The summed E-state index contributed by atoms with van der Waals surface area (Å²) in [5.74, 6) is -1.71. The molecule has 1 aromatic heterocycles. The summed E-state index contributed by atoms with van der Waals surface area (Å²) in [7, 11) is -4.33. The Kier molecular flexibility index (Phi) is 4.62. The largest absolute Gasteiger partial charge is 0.386 e. The zero-order valence-electron chi connectivity index (χ0n) is 15.7. The Morgan fingerprint density at radius 3 is 2.60 bits per heavy atom. The van der Waals surface area contributed by atoms with Crippen molar-refractivity contribution in [3.05, 3.63) is 58.6 Å². The lowest BCUT2D eigenvalue weighted by Gasteiger charge is -2.37. The number of amidine groups is 1. The van der Waals surface area contributed by atoms with E-state index in [-0.39, 0.29) is 35.6 Å². The number of hydrogen-bond acceptors (Lipinski definition) is 6. The van der Waals surface area contributed by atoms with Crippen LogP contribution in [-0.4, -0.2) is 35.4 Å². The van der Waals surface area contributed by atoms with Crippen LogP contribution in [0, 0.1) is 5.82 Å². The average molecular weight is 455 g/mol. The number of carbonyl (C=O) groups is 1. The molecule has 1 amide bonds. The zero-order chi connectivity index (χ0) is 21.9. The molecule has 1 spiro atoms. The van der Waals surface area contributed by atoms with E-state index in [2.05, 4.69) is 15.3 Å². The van der Waals surface area contributed by atoms with Gasteiger partial charge in [0.2, 0.25) is 5.50 Å². The third kappa shape index (κ3) is 2.97. The van der Waals surface area contributed by atoms with Crippen LogP contribution in [-0.2, 0) is 15.4 Å². The highest BCUT2D eigenvalue weighted by molar-refractivity contribution is 7.94. The summed E-state index contributed by atoms with van der Waals surface area (Å²) >= 11 is 5.75. The SMILES string of the molecule is C[C@]1(c2cc(NC(=O)c3ccc(Cl)cn3)ccc2F)N=C(N)C2(CC2)S(=O)(=O)[C@@H]1F. The molecule has 0 radical (unpaired) electrons. The van der Waals surface area contributed by atoms with Gasteiger partial charge in [0.25, 0.3) is 5.91 Å². The Bertz CT molecular complexity index is 1180. The van der Waals surface area contributed by atoms with Crippen LogP contribution in [0.4, 0.5) is 14.5 Å². The summed E-state index contributed by atoms with van der Waals surface area (Å²) in [6, 6.07) is 6.28. The third-order valence-corrected chi connectivity index (χ3v) is 8.45. The molecule has 4 rings (SSSR count). The first-order valence-corrected chi connectivity index (χ1v) is 10.9. The second-order valence-corrected chi connectivity index (χ2v) is 10.2. The summed E-state index contributed by atoms with van der Waals surface area (Å²) in [5, 5.41) is 2.86. The van der Waals surface area contributed by atoms with Crippen molar-refractivity contribution >= 4 is 38.9 Å². The van der Waals surface area contributed by atoms with Crippen LogP contribution >= 0.6 is 11.6 Å². The van der Waals surface area contributed by atoms with E-state index in [9.17, 15) is 17.6 Å². The summed E-state index contributed by atoms with van der Waals surface area (Å²) in [6.07, 6.45) is 1.67. The second kappa shape index (κ2) is 6.71. The van der Waals surface area contributed by atoms with Gasteiger partial charge in [0, 0.05) is 17.4 Å². The fourth-order valence-corrected chi connectivity index (χ4v) is 5.88. The monoisotopic (exact) mass is 454 g/mol. The summed E-state index contributed by atoms with van der Waals surface area (Å²) in [5.41, 5.74) is 1.12. The van der Waals surface area contributed by atoms with Crippen LogP contribution in [0.3, 0.4) is 0 Å². The van der Waals surface area contributed by atoms with E-state index in [1.807, 2.05) is 0 Å². The first kappa shape index (κ1) is 20.7. The number of rotatable bonds is 3. The number of aliphatic imine (C=N–C) groups is 1. The number of alkyl halides is 1. The van der Waals surface area contributed by atoms with E-state index in [4.69, 9.17) is 17.3 Å². The molecule has 2 atom stereocenters. The number of nitrogens with zero attached hydrogens (tertiary/aromatic N) is 2. The average Bonchev–Trinajstić information content (AvgIpc) is 3.50. The third-order valence-electron chi connectivity index (χ3n) is 5.51. The van der Waals surface area contributed by atoms with Gasteiger partial charge in [0.05, 0.1) is 5.02 Å². The molecule has 7 nitrogen and oxygen atoms in total. The predicted molar refractivity (Wildman–Crippen MR) is 108 cm³/mol. The lowest BCUT2D eigenvalue weighted by molar-refractivity contribution is 0.102. The van der Waals surface area contributed by atoms with Crippen molar-refractivity contribution in [2.75, 3.05) is 5.32 Å². The Morgan fingerprint density at radius 2 is 2.00 bits per heavy atom. The number of benzene rings is 1. The number of sulfone groups is 1. The molecule has 11 heteroatoms. The normalized spacial score (nSPS) is 26.1. The van der Waals surface area contributed by atoms with E-state index < -0.39 is 37.4 Å². The molecule has 0 unspecified atom stereocenters. The molecule has 30 heavy (non-hydrogen) atoms. The Labute approximate surface area is 176 Å². The molecule has 1 aliphatic heterocycles. The van der Waals surface area contributed by atoms with Crippen molar-refractivity contribution in [3.63, 3.8) is 0 Å². The number of halogens is 3. The molecular formula is C19H17ClF2N4O3S. The number of carbonyl (C=O) groups excluding carboxylic acids is 1. The van der Waals surface area contributed by atoms with Gasteiger partial charge in [-0.3, -0.25) is 9.79 Å². The van der Waals surface area contributed by atoms with E-state index in [1.165, 1.54) is 31.3 Å². The first-order valence-electron chi connectivity index (χ1n) is 8.97. The molecule has 0 bridgehead atoms. The van der Waals surface area contributed by atoms with E-state index in [0.717, 1.165) is 12.1 Å². The van der Waals surface area contributed by atoms with Crippen molar-refractivity contribution in [2.24, 2.45) is 10.7 Å². The number of amides is 1. The van der Waals surface area contributed by atoms with Gasteiger partial charge in [-0.25, -0.2) is 22.2 Å². The van der Waals surface area contributed by atoms with Crippen molar-refractivity contribution in [2.45, 2.75) is 35.6 Å². The second-order valence-electron chi connectivity index (χ2n) is 7.51. The Hall–Kier alpha value is -2.59. The molecule has 1 fully saturated rings. The van der Waals surface area contributed by atoms with Crippen LogP contribution in [0.1, 0.15) is 35.8 Å². The number of nitrogens with one attached hydrogen (secondary N) is 1. The molecule has 2 heterocycles. The van der Waals surface area contributed by atoms with Crippen LogP contribution in [0.25, 0.3) is 0 Å². The first-order chi connectivity index (χ1) is 14.0. The van der Waals surface area contributed by atoms with Crippen LogP contribution in [0.15, 0.2) is 41.5 Å². The van der Waals surface area contributed by atoms with Gasteiger partial charge in [-0.2, -0.15) is 0 Å². The van der Waals surface area contributed by atoms with Gasteiger partial charge < -0.3 is 11.1 Å². The lowest BCUT2D eigenvalue weighted by Crippen LogP contribution is -2.54. The highest BCUT2D eigenvalue weighted by Gasteiger charge is 2.67. The van der Waals surface area contributed by atoms with Gasteiger partial charge >= 0.3 is 0 Å². The lowest BCUT2D eigenvalue weighted by atomic mass is 9.92. The van der Waals surface area contributed by atoms with E-state index in [0.29, 0.717) is 5.02 Å². The molecule has 1 saturated carbocycles. The maximum absolute atomic E-state index is 15.3. The van der Waals surface area contributed by atoms with Crippen LogP contribution < -0.4 is 11.1 Å². The number of aromatic nitrogens is 1. The smallest absolute Gasteiger partial charge is 0.274 e. The van der Waals surface area contributed by atoms with Crippen LogP contribution in [0.5, 0.6) is 0 Å². The molecule has 1 aliphatic carbocycles. The molecule has 2 aromatic rings. The standard InChI is InChI=1S/C19H17ClF2N4O3S/c1-18(16(22)30(28,29)19(6-7-19)17(23)26-18)12-8-11(3-4-13(12)21)25-15(27)14-5-2-10(20)9-24-14/h2-5,8-9,16H,6-7H2,1H3,(H2,23,26)(H,25,27)/t16-,18+/m0/s1. The minimum Gasteiger partial charge on any atom is -0.386 e. The number of anilines is 1. The molecule has 1 aromatic carbocycles. The molecule has 2 aliphatic rings. The Balaban J connectivity index is 1.72. The summed E-state index contributed by atoms with van der Waals surface area (Å²) in [6.45, 7) is 1.17. The predicted octanol–water partition coefficient (Wildman–Crippen LogP) is 2.96. The van der Waals surface area contributed by atoms with Gasteiger partial charge in [-0.1, -0.05) is 11.6 Å². The van der Waals surface area contributed by atoms with Gasteiger partial charge in [-0.15, -0.1) is 0 Å². The van der Waals surface area contributed by atoms with E-state index >= 15 is 4.39 Å². The Morgan fingerprint density at radius 1 is 1.30 bits per heavy atom. The summed E-state index contributed by atoms with van der Waals surface area (Å²) < 4.78 is 53.9. The van der Waals surface area contributed by atoms with Crippen molar-refractivity contribution in [3.8, 4) is 0 Å². The van der Waals surface area contributed by atoms with Crippen molar-refractivity contribution in [1.29, 1.82) is 0 Å². The number of pyridine rings is 1. The highest BCUT2D eigenvalue weighted by atomic mass is 35.5. The van der Waals surface area contributed by atoms with Crippen molar-refractivity contribution < 1.29 is 22.0 Å². The molecule has 0 saturated heterocycles. The fourth-order valence-electron chi connectivity index (χ4n) is 3.58. The zero-order valence-corrected chi connectivity index (χ0v) is 17.3. The quantitative estimate of drug-likeness (QED) is 0.740. The maximum atomic E-state index is 15.3. The van der Waals surface area contributed by atoms with Gasteiger partial charge in [-0.05, 0) is 50.1 Å².